The summed E-state index contributed by atoms with van der Waals surface area (Å²) >= 11 is 0. The third-order valence-corrected chi connectivity index (χ3v) is 4.69. The van der Waals surface area contributed by atoms with Gasteiger partial charge < -0.3 is 10.4 Å². The molecule has 0 aliphatic heterocycles. The van der Waals surface area contributed by atoms with E-state index in [0.29, 0.717) is 0 Å². The lowest BCUT2D eigenvalue weighted by atomic mass is 9.90. The summed E-state index contributed by atoms with van der Waals surface area (Å²) < 4.78 is 47.3. The quantitative estimate of drug-likeness (QED) is 0.783. The molecule has 0 aliphatic rings. The summed E-state index contributed by atoms with van der Waals surface area (Å²) in [7, 11) is -4.70. The van der Waals surface area contributed by atoms with Crippen molar-refractivity contribution in [2.24, 2.45) is 5.41 Å². The number of carboxylic acids is 1. The van der Waals surface area contributed by atoms with Crippen molar-refractivity contribution in [3.8, 4) is 0 Å². The van der Waals surface area contributed by atoms with Crippen LogP contribution < -0.4 is 5.32 Å². The molecule has 6 nitrogen and oxygen atoms in total. The predicted octanol–water partition coefficient (Wildman–Crippen LogP) is 1.91. The zero-order valence-electron chi connectivity index (χ0n) is 12.5. The minimum absolute atomic E-state index is 0.0892. The smallest absolute Gasteiger partial charge is 0.341 e. The number of amides is 1. The maximum Gasteiger partial charge on any atom is 0.341 e. The third-order valence-electron chi connectivity index (χ3n) is 3.29. The molecule has 9 heteroatoms. The molecule has 0 aliphatic carbocycles. The number of benzene rings is 1. The molecular weight excluding hydrogens is 332 g/mol. The molecule has 1 aromatic carbocycles. The van der Waals surface area contributed by atoms with Gasteiger partial charge in [-0.25, -0.2) is 8.42 Å². The Kier molecular flexibility index (Phi) is 5.81. The van der Waals surface area contributed by atoms with Crippen LogP contribution in [0.5, 0.6) is 0 Å². The maximum absolute atomic E-state index is 12.4. The van der Waals surface area contributed by atoms with Gasteiger partial charge >= 0.3 is 11.7 Å². The van der Waals surface area contributed by atoms with Crippen molar-refractivity contribution in [2.75, 3.05) is 6.54 Å². The molecule has 0 saturated carbocycles. The lowest BCUT2D eigenvalue weighted by Gasteiger charge is -2.18. The van der Waals surface area contributed by atoms with E-state index in [9.17, 15) is 26.8 Å². The van der Waals surface area contributed by atoms with Crippen LogP contribution in [0.1, 0.15) is 30.6 Å². The highest BCUT2D eigenvalue weighted by Gasteiger charge is 2.27. The minimum atomic E-state index is -4.70. The standard InChI is InChI=1S/C14H17F2NO5S/c1-14(2,12(19)20)7-8-17-11(18)9-3-5-10(6-4-9)23(21,22)13(15)16/h3-6,13H,7-8H2,1-2H3,(H,17,18)(H,19,20). The molecule has 128 valence electrons. The number of rotatable bonds is 7. The highest BCUT2D eigenvalue weighted by Crippen LogP contribution is 2.20. The molecule has 1 amide bonds. The van der Waals surface area contributed by atoms with Gasteiger partial charge in [-0.2, -0.15) is 8.78 Å². The van der Waals surface area contributed by atoms with Crippen LogP contribution in [0.2, 0.25) is 0 Å². The number of halogens is 2. The first kappa shape index (κ1) is 19.0. The van der Waals surface area contributed by atoms with Crippen LogP contribution in [0.25, 0.3) is 0 Å². The van der Waals surface area contributed by atoms with E-state index < -0.39 is 37.8 Å². The van der Waals surface area contributed by atoms with E-state index >= 15 is 0 Å². The Labute approximate surface area is 132 Å². The van der Waals surface area contributed by atoms with Gasteiger partial charge in [-0.3, -0.25) is 9.59 Å². The maximum atomic E-state index is 12.4. The van der Waals surface area contributed by atoms with E-state index in [1.807, 2.05) is 0 Å². The van der Waals surface area contributed by atoms with Gasteiger partial charge in [0, 0.05) is 12.1 Å². The number of nitrogens with one attached hydrogen (secondary N) is 1. The fourth-order valence-corrected chi connectivity index (χ4v) is 2.32. The molecule has 0 aromatic heterocycles. The molecule has 0 spiro atoms. The fraction of sp³-hybridized carbons (Fsp3) is 0.429. The van der Waals surface area contributed by atoms with Crippen LogP contribution in [-0.2, 0) is 14.6 Å². The summed E-state index contributed by atoms with van der Waals surface area (Å²) in [5.41, 5.74) is -0.908. The van der Waals surface area contributed by atoms with Gasteiger partial charge in [0.15, 0.2) is 0 Å². The molecule has 0 saturated heterocycles. The first-order chi connectivity index (χ1) is 10.5. The zero-order valence-corrected chi connectivity index (χ0v) is 13.4. The van der Waals surface area contributed by atoms with E-state index in [1.54, 1.807) is 0 Å². The normalized spacial score (nSPS) is 12.2. The van der Waals surface area contributed by atoms with Crippen LogP contribution in [0.15, 0.2) is 29.2 Å². The number of hydrogen-bond donors (Lipinski definition) is 2. The van der Waals surface area contributed by atoms with E-state index in [-0.39, 0.29) is 18.5 Å². The second-order valence-corrected chi connectivity index (χ2v) is 7.44. The number of sulfone groups is 1. The predicted molar refractivity (Wildman–Crippen MR) is 78.0 cm³/mol. The molecule has 2 N–H and O–H groups in total. The number of hydrogen-bond acceptors (Lipinski definition) is 4. The number of carbonyl (C=O) groups excluding carboxylic acids is 1. The molecule has 23 heavy (non-hydrogen) atoms. The van der Waals surface area contributed by atoms with Gasteiger partial charge in [-0.1, -0.05) is 0 Å². The SMILES string of the molecule is CC(C)(CCNC(=O)c1ccc(S(=O)(=O)C(F)F)cc1)C(=O)O. The Morgan fingerprint density at radius 2 is 1.74 bits per heavy atom. The molecular formula is C14H17F2NO5S. The van der Waals surface area contributed by atoms with Gasteiger partial charge in [-0.05, 0) is 44.5 Å². The summed E-state index contributed by atoms with van der Waals surface area (Å²) in [4.78, 5) is 22.2. The van der Waals surface area contributed by atoms with Gasteiger partial charge in [0.05, 0.1) is 10.3 Å². The Hall–Kier alpha value is -2.03. The van der Waals surface area contributed by atoms with Crippen molar-refractivity contribution in [2.45, 2.75) is 30.9 Å². The van der Waals surface area contributed by atoms with Crippen molar-refractivity contribution in [3.63, 3.8) is 0 Å². The Balaban J connectivity index is 2.71. The van der Waals surface area contributed by atoms with Crippen LogP contribution in [0.4, 0.5) is 8.78 Å². The van der Waals surface area contributed by atoms with Crippen molar-refractivity contribution in [1.82, 2.24) is 5.32 Å². The van der Waals surface area contributed by atoms with Gasteiger partial charge in [0.25, 0.3) is 5.91 Å². The van der Waals surface area contributed by atoms with E-state index in [2.05, 4.69) is 5.32 Å². The monoisotopic (exact) mass is 349 g/mol. The highest BCUT2D eigenvalue weighted by molar-refractivity contribution is 7.91. The lowest BCUT2D eigenvalue weighted by molar-refractivity contribution is -0.147. The summed E-state index contributed by atoms with van der Waals surface area (Å²) in [6, 6.07) is 4.09. The van der Waals surface area contributed by atoms with Crippen molar-refractivity contribution < 1.29 is 31.9 Å². The summed E-state index contributed by atoms with van der Waals surface area (Å²) in [5.74, 6) is -5.07. The van der Waals surface area contributed by atoms with Crippen molar-refractivity contribution in [3.05, 3.63) is 29.8 Å². The highest BCUT2D eigenvalue weighted by atomic mass is 32.2. The largest absolute Gasteiger partial charge is 0.481 e. The number of aliphatic carboxylic acids is 1. The summed E-state index contributed by atoms with van der Waals surface area (Å²) in [5, 5.41) is 11.4. The van der Waals surface area contributed by atoms with E-state index in [0.717, 1.165) is 24.3 Å². The second kappa shape index (κ2) is 7.03. The first-order valence-corrected chi connectivity index (χ1v) is 8.17. The van der Waals surface area contributed by atoms with Gasteiger partial charge in [0.1, 0.15) is 0 Å². The number of alkyl halides is 2. The second-order valence-electron chi connectivity index (χ2n) is 5.52. The van der Waals surface area contributed by atoms with Crippen molar-refractivity contribution >= 4 is 21.7 Å². The molecule has 0 atom stereocenters. The first-order valence-electron chi connectivity index (χ1n) is 6.62. The Bertz CT molecular complexity index is 684. The molecule has 0 radical (unpaired) electrons. The third kappa shape index (κ3) is 4.72. The molecule has 0 fully saturated rings. The number of carboxylic acid groups (broad SMARTS) is 1. The fourth-order valence-electron chi connectivity index (χ4n) is 1.60. The Morgan fingerprint density at radius 1 is 1.22 bits per heavy atom. The van der Waals surface area contributed by atoms with Crippen LogP contribution in [0, 0.1) is 5.41 Å². The Morgan fingerprint density at radius 3 is 2.17 bits per heavy atom. The molecule has 0 heterocycles. The van der Waals surface area contributed by atoms with Crippen LogP contribution in [0.3, 0.4) is 0 Å². The van der Waals surface area contributed by atoms with E-state index in [1.165, 1.54) is 13.8 Å². The van der Waals surface area contributed by atoms with Crippen LogP contribution in [-0.4, -0.2) is 37.7 Å². The van der Waals surface area contributed by atoms with Gasteiger partial charge in [0.2, 0.25) is 9.84 Å². The zero-order chi connectivity index (χ0) is 17.8. The average molecular weight is 349 g/mol. The lowest BCUT2D eigenvalue weighted by Crippen LogP contribution is -2.31. The topological polar surface area (TPSA) is 101 Å². The molecule has 1 aromatic rings. The van der Waals surface area contributed by atoms with Gasteiger partial charge in [-0.15, -0.1) is 0 Å². The molecule has 0 unspecified atom stereocenters. The van der Waals surface area contributed by atoms with Crippen LogP contribution >= 0.6 is 0 Å². The minimum Gasteiger partial charge on any atom is -0.481 e. The molecule has 1 rings (SSSR count). The summed E-state index contributed by atoms with van der Waals surface area (Å²) in [6.45, 7) is 3.15. The molecule has 0 bridgehead atoms. The van der Waals surface area contributed by atoms with Crippen molar-refractivity contribution in [1.29, 1.82) is 0 Å². The average Bonchev–Trinajstić information content (AvgIpc) is 2.46. The summed E-state index contributed by atoms with van der Waals surface area (Å²) in [6.07, 6.45) is 0.200. The van der Waals surface area contributed by atoms with E-state index in [4.69, 9.17) is 5.11 Å². The number of carbonyl (C=O) groups is 2.